The number of hydrogen-bond acceptors (Lipinski definition) is 3. The molecule has 1 atom stereocenters. The number of likely N-dealkylation sites (N-methyl/N-ethyl adjacent to an activating group) is 1. The minimum atomic E-state index is -0.729. The Bertz CT molecular complexity index is 733. The van der Waals surface area contributed by atoms with E-state index in [2.05, 4.69) is 10.6 Å². The lowest BCUT2D eigenvalue weighted by Crippen LogP contribution is -2.50. The Kier molecular flexibility index (Phi) is 4.65. The Balaban J connectivity index is 1.53. The van der Waals surface area contributed by atoms with Crippen molar-refractivity contribution in [1.29, 1.82) is 0 Å². The van der Waals surface area contributed by atoms with Gasteiger partial charge in [0.15, 0.2) is 6.10 Å². The highest BCUT2D eigenvalue weighted by atomic mass is 16.5. The Morgan fingerprint density at radius 1 is 1.08 bits per heavy atom. The number of para-hydroxylation sites is 2. The van der Waals surface area contributed by atoms with E-state index in [-0.39, 0.29) is 18.5 Å². The van der Waals surface area contributed by atoms with Crippen molar-refractivity contribution in [2.45, 2.75) is 12.6 Å². The van der Waals surface area contributed by atoms with Crippen LogP contribution in [-0.4, -0.2) is 31.6 Å². The van der Waals surface area contributed by atoms with Crippen molar-refractivity contribution in [3.05, 3.63) is 60.2 Å². The Hall–Kier alpha value is -3.02. The number of hydrogen-bond donors (Lipinski definition) is 2. The molecule has 24 heavy (non-hydrogen) atoms. The molecule has 0 bridgehead atoms. The maximum absolute atomic E-state index is 12.3. The summed E-state index contributed by atoms with van der Waals surface area (Å²) in [5.41, 5.74) is 1.73. The lowest BCUT2D eigenvalue weighted by molar-refractivity contribution is -0.125. The third-order valence-electron chi connectivity index (χ3n) is 3.85. The summed E-state index contributed by atoms with van der Waals surface area (Å²) in [6.07, 6.45) is -0.729. The highest BCUT2D eigenvalue weighted by Crippen LogP contribution is 2.32. The predicted molar refractivity (Wildman–Crippen MR) is 90.9 cm³/mol. The molecular weight excluding hydrogens is 306 g/mol. The summed E-state index contributed by atoms with van der Waals surface area (Å²) in [5.74, 6) is 0.452. The van der Waals surface area contributed by atoms with Gasteiger partial charge in [0.1, 0.15) is 5.75 Å². The standard InChI is InChI=1S/C18H19N3O3/c1-21-14-9-5-6-10-15(14)24-16(17(21)22)12-20-18(23)19-11-13-7-3-2-4-8-13/h2-10,16H,11-12H2,1H3,(H2,19,20,23). The smallest absolute Gasteiger partial charge is 0.315 e. The fourth-order valence-corrected chi connectivity index (χ4v) is 2.53. The number of nitrogens with one attached hydrogen (secondary N) is 2. The molecule has 2 aromatic carbocycles. The maximum Gasteiger partial charge on any atom is 0.315 e. The van der Waals surface area contributed by atoms with Crippen LogP contribution < -0.4 is 20.3 Å². The number of carbonyl (C=O) groups excluding carboxylic acids is 2. The van der Waals surface area contributed by atoms with Gasteiger partial charge in [0.05, 0.1) is 12.2 Å². The van der Waals surface area contributed by atoms with E-state index in [0.717, 1.165) is 11.3 Å². The van der Waals surface area contributed by atoms with Crippen molar-refractivity contribution in [3.8, 4) is 5.75 Å². The van der Waals surface area contributed by atoms with Gasteiger partial charge in [-0.15, -0.1) is 0 Å². The van der Waals surface area contributed by atoms with Crippen LogP contribution >= 0.6 is 0 Å². The summed E-state index contributed by atoms with van der Waals surface area (Å²) in [7, 11) is 1.70. The molecule has 6 heteroatoms. The molecule has 2 N–H and O–H groups in total. The van der Waals surface area contributed by atoms with Crippen LogP contribution in [-0.2, 0) is 11.3 Å². The third kappa shape index (κ3) is 3.48. The number of benzene rings is 2. The first-order chi connectivity index (χ1) is 11.6. The monoisotopic (exact) mass is 325 g/mol. The molecule has 3 rings (SSSR count). The molecule has 124 valence electrons. The average molecular weight is 325 g/mol. The van der Waals surface area contributed by atoms with Crippen molar-refractivity contribution in [2.24, 2.45) is 0 Å². The minimum Gasteiger partial charge on any atom is -0.477 e. The molecule has 1 heterocycles. The number of anilines is 1. The summed E-state index contributed by atoms with van der Waals surface area (Å²) in [6.45, 7) is 0.535. The fraction of sp³-hybridized carbons (Fsp3) is 0.222. The molecule has 0 spiro atoms. The van der Waals surface area contributed by atoms with E-state index in [0.29, 0.717) is 12.3 Å². The van der Waals surface area contributed by atoms with Crippen LogP contribution in [0.2, 0.25) is 0 Å². The maximum atomic E-state index is 12.3. The number of ether oxygens (including phenoxy) is 1. The van der Waals surface area contributed by atoms with E-state index < -0.39 is 6.10 Å². The van der Waals surface area contributed by atoms with E-state index in [1.165, 1.54) is 0 Å². The largest absolute Gasteiger partial charge is 0.477 e. The van der Waals surface area contributed by atoms with Crippen molar-refractivity contribution in [2.75, 3.05) is 18.5 Å². The number of fused-ring (bicyclic) bond motifs is 1. The van der Waals surface area contributed by atoms with E-state index in [4.69, 9.17) is 4.74 Å². The van der Waals surface area contributed by atoms with E-state index in [1.807, 2.05) is 48.5 Å². The second kappa shape index (κ2) is 7.04. The van der Waals surface area contributed by atoms with Crippen LogP contribution in [0.4, 0.5) is 10.5 Å². The molecule has 1 aliphatic heterocycles. The first kappa shape index (κ1) is 15.9. The van der Waals surface area contributed by atoms with Crippen LogP contribution in [0.5, 0.6) is 5.75 Å². The SMILES string of the molecule is CN1C(=O)C(CNC(=O)NCc2ccccc2)Oc2ccccc21. The van der Waals surface area contributed by atoms with Crippen molar-refractivity contribution >= 4 is 17.6 Å². The number of rotatable bonds is 4. The second-order valence-electron chi connectivity index (χ2n) is 5.52. The van der Waals surface area contributed by atoms with Gasteiger partial charge in [-0.1, -0.05) is 42.5 Å². The first-order valence-corrected chi connectivity index (χ1v) is 7.74. The molecule has 0 fully saturated rings. The lowest BCUT2D eigenvalue weighted by atomic mass is 10.2. The average Bonchev–Trinajstić information content (AvgIpc) is 2.62. The van der Waals surface area contributed by atoms with Crippen molar-refractivity contribution in [3.63, 3.8) is 0 Å². The van der Waals surface area contributed by atoms with E-state index in [9.17, 15) is 9.59 Å². The van der Waals surface area contributed by atoms with Gasteiger partial charge in [0.25, 0.3) is 5.91 Å². The lowest BCUT2D eigenvalue weighted by Gasteiger charge is -2.31. The molecule has 3 amide bonds. The Morgan fingerprint density at radius 2 is 1.79 bits per heavy atom. The molecule has 0 saturated heterocycles. The molecule has 0 aliphatic carbocycles. The summed E-state index contributed by atoms with van der Waals surface area (Å²) in [4.78, 5) is 25.7. The first-order valence-electron chi connectivity index (χ1n) is 7.74. The number of nitrogens with zero attached hydrogens (tertiary/aromatic N) is 1. The zero-order valence-electron chi connectivity index (χ0n) is 13.4. The van der Waals surface area contributed by atoms with Gasteiger partial charge in [0, 0.05) is 13.6 Å². The molecule has 0 saturated carbocycles. The highest BCUT2D eigenvalue weighted by molar-refractivity contribution is 5.99. The third-order valence-corrected chi connectivity index (χ3v) is 3.85. The summed E-state index contributed by atoms with van der Waals surface area (Å²) in [5, 5.41) is 5.44. The molecule has 6 nitrogen and oxygen atoms in total. The number of urea groups is 1. The van der Waals surface area contributed by atoms with Crippen molar-refractivity contribution < 1.29 is 14.3 Å². The fourth-order valence-electron chi connectivity index (χ4n) is 2.53. The molecule has 0 aromatic heterocycles. The van der Waals surface area contributed by atoms with Gasteiger partial charge in [-0.3, -0.25) is 4.79 Å². The van der Waals surface area contributed by atoms with Crippen LogP contribution in [0, 0.1) is 0 Å². The predicted octanol–water partition coefficient (Wildman–Crippen LogP) is 1.91. The summed E-state index contributed by atoms with van der Waals surface area (Å²) >= 11 is 0. The highest BCUT2D eigenvalue weighted by Gasteiger charge is 2.32. The minimum absolute atomic E-state index is 0.109. The quantitative estimate of drug-likeness (QED) is 0.902. The van der Waals surface area contributed by atoms with Crippen LogP contribution in [0.15, 0.2) is 54.6 Å². The molecular formula is C18H19N3O3. The van der Waals surface area contributed by atoms with Gasteiger partial charge < -0.3 is 20.3 Å². The molecule has 1 unspecified atom stereocenters. The Labute approximate surface area is 140 Å². The molecule has 0 radical (unpaired) electrons. The second-order valence-corrected chi connectivity index (χ2v) is 5.52. The normalized spacial score (nSPS) is 16.1. The van der Waals surface area contributed by atoms with Crippen LogP contribution in [0.25, 0.3) is 0 Å². The van der Waals surface area contributed by atoms with Crippen LogP contribution in [0.3, 0.4) is 0 Å². The van der Waals surface area contributed by atoms with Crippen molar-refractivity contribution in [1.82, 2.24) is 10.6 Å². The number of amides is 3. The molecule has 2 aromatic rings. The Morgan fingerprint density at radius 3 is 2.58 bits per heavy atom. The van der Waals surface area contributed by atoms with E-state index in [1.54, 1.807) is 18.0 Å². The van der Waals surface area contributed by atoms with Gasteiger partial charge in [-0.25, -0.2) is 4.79 Å². The summed E-state index contributed by atoms with van der Waals surface area (Å²) < 4.78 is 5.69. The summed E-state index contributed by atoms with van der Waals surface area (Å²) in [6, 6.07) is 16.6. The zero-order valence-corrected chi connectivity index (χ0v) is 13.4. The van der Waals surface area contributed by atoms with Crippen LogP contribution in [0.1, 0.15) is 5.56 Å². The number of carbonyl (C=O) groups is 2. The van der Waals surface area contributed by atoms with Gasteiger partial charge in [0.2, 0.25) is 0 Å². The zero-order chi connectivity index (χ0) is 16.9. The topological polar surface area (TPSA) is 70.7 Å². The van der Waals surface area contributed by atoms with Gasteiger partial charge in [-0.05, 0) is 17.7 Å². The van der Waals surface area contributed by atoms with Gasteiger partial charge >= 0.3 is 6.03 Å². The van der Waals surface area contributed by atoms with E-state index >= 15 is 0 Å². The van der Waals surface area contributed by atoms with Gasteiger partial charge in [-0.2, -0.15) is 0 Å². The molecule has 1 aliphatic rings.